The molecule has 10 nitrogen and oxygen atoms in total. The molecule has 0 heterocycles. The van der Waals surface area contributed by atoms with Crippen molar-refractivity contribution in [1.82, 2.24) is 0 Å². The van der Waals surface area contributed by atoms with Gasteiger partial charge in [-0.25, -0.2) is 8.42 Å². The van der Waals surface area contributed by atoms with Crippen molar-refractivity contribution in [2.75, 3.05) is 12.4 Å². The maximum absolute atomic E-state index is 10.6. The van der Waals surface area contributed by atoms with Crippen LogP contribution in [0.2, 0.25) is 0 Å². The highest BCUT2D eigenvalue weighted by Gasteiger charge is 2.21. The fourth-order valence-electron chi connectivity index (χ4n) is 0.610. The molecule has 0 aromatic carbocycles. The highest BCUT2D eigenvalue weighted by atomic mass is 33.1. The monoisotopic (exact) mass is 262 g/mol. The molecule has 0 spiro atoms. The number of thiol groups is 1. The lowest BCUT2D eigenvalue weighted by Crippen LogP contribution is -2.30. The van der Waals surface area contributed by atoms with Gasteiger partial charge in [-0.15, -0.1) is 20.2 Å². The zero-order valence-corrected chi connectivity index (χ0v) is 8.72. The first-order valence-electron chi connectivity index (χ1n) is 3.24. The molecule has 0 amide bonds. The summed E-state index contributed by atoms with van der Waals surface area (Å²) in [6.45, 7) is -0.867. The quantitative estimate of drug-likeness (QED) is 0.267. The van der Waals surface area contributed by atoms with Gasteiger partial charge in [-0.3, -0.25) is 0 Å². The van der Waals surface area contributed by atoms with Gasteiger partial charge in [0.2, 0.25) is 8.87 Å². The first-order chi connectivity index (χ1) is 6.70. The largest absolute Gasteiger partial charge is 0.312 e. The standard InChI is InChI=1S/C3H6N2O8S2/c6-4(7)12-1-3(13-5(8)9)2-15(10,11)14/h3H,1-2H2,(H,10,11,14). The molecule has 1 atom stereocenters. The van der Waals surface area contributed by atoms with Crippen molar-refractivity contribution in [2.24, 2.45) is 0 Å². The topological polar surface area (TPSA) is 139 Å². The van der Waals surface area contributed by atoms with Gasteiger partial charge >= 0.3 is 0 Å². The van der Waals surface area contributed by atoms with Gasteiger partial charge in [0.15, 0.2) is 0 Å². The minimum absolute atomic E-state index is 0.867. The van der Waals surface area contributed by atoms with Crippen molar-refractivity contribution in [3.05, 3.63) is 20.2 Å². The van der Waals surface area contributed by atoms with Crippen molar-refractivity contribution in [1.29, 1.82) is 0 Å². The Hall–Kier alpha value is -1.30. The lowest BCUT2D eigenvalue weighted by Gasteiger charge is -2.11. The van der Waals surface area contributed by atoms with Crippen LogP contribution in [0.3, 0.4) is 0 Å². The van der Waals surface area contributed by atoms with Crippen molar-refractivity contribution in [3.8, 4) is 0 Å². The third-order valence-corrected chi connectivity index (χ3v) is 2.24. The normalized spacial score (nSPS) is 12.9. The van der Waals surface area contributed by atoms with Gasteiger partial charge in [-0.2, -0.15) is 0 Å². The minimum atomic E-state index is -3.85. The Balaban J connectivity index is 4.31. The predicted molar refractivity (Wildman–Crippen MR) is 47.6 cm³/mol. The summed E-state index contributed by atoms with van der Waals surface area (Å²) >= 11 is 3.11. The molecule has 0 aliphatic carbocycles. The van der Waals surface area contributed by atoms with Gasteiger partial charge in [-0.1, -0.05) is 0 Å². The molecule has 0 bridgehead atoms. The second kappa shape index (κ2) is 5.55. The van der Waals surface area contributed by atoms with Crippen LogP contribution < -0.4 is 0 Å². The maximum Gasteiger partial charge on any atom is 0.294 e. The van der Waals surface area contributed by atoms with Crippen molar-refractivity contribution in [2.45, 2.75) is 6.10 Å². The highest BCUT2D eigenvalue weighted by Crippen LogP contribution is 2.04. The molecule has 0 N–H and O–H groups in total. The number of hydrogen-bond donors (Lipinski definition) is 1. The Labute approximate surface area is 88.1 Å². The smallest absolute Gasteiger partial charge is 0.294 e. The fraction of sp³-hybridized carbons (Fsp3) is 1.00. The van der Waals surface area contributed by atoms with Crippen molar-refractivity contribution < 1.29 is 28.3 Å². The Morgan fingerprint density at radius 2 is 1.80 bits per heavy atom. The highest BCUT2D eigenvalue weighted by molar-refractivity contribution is 8.63. The molecular weight excluding hydrogens is 256 g/mol. The second-order valence-electron chi connectivity index (χ2n) is 2.22. The van der Waals surface area contributed by atoms with Crippen LogP contribution in [0, 0.1) is 20.2 Å². The molecule has 0 saturated heterocycles. The van der Waals surface area contributed by atoms with Gasteiger partial charge < -0.3 is 9.68 Å². The van der Waals surface area contributed by atoms with E-state index in [0.29, 0.717) is 0 Å². The van der Waals surface area contributed by atoms with Gasteiger partial charge in [0.1, 0.15) is 12.7 Å². The van der Waals surface area contributed by atoms with E-state index in [1.165, 1.54) is 0 Å². The molecule has 0 saturated carbocycles. The zero-order valence-electron chi connectivity index (χ0n) is 7.01. The first kappa shape index (κ1) is 13.7. The average Bonchev–Trinajstić information content (AvgIpc) is 1.95. The predicted octanol–water partition coefficient (Wildman–Crippen LogP) is -0.969. The van der Waals surface area contributed by atoms with E-state index in [9.17, 15) is 28.6 Å². The van der Waals surface area contributed by atoms with E-state index in [4.69, 9.17) is 0 Å². The number of rotatable bonds is 7. The molecule has 0 aliphatic heterocycles. The summed E-state index contributed by atoms with van der Waals surface area (Å²) in [5, 5.41) is 17.1. The van der Waals surface area contributed by atoms with Crippen LogP contribution >= 0.6 is 11.7 Å². The molecule has 0 aromatic heterocycles. The van der Waals surface area contributed by atoms with Crippen LogP contribution in [0.5, 0.6) is 0 Å². The van der Waals surface area contributed by atoms with Crippen molar-refractivity contribution >= 4 is 20.5 Å². The Morgan fingerprint density at radius 3 is 2.13 bits per heavy atom. The van der Waals surface area contributed by atoms with E-state index >= 15 is 0 Å². The van der Waals surface area contributed by atoms with Gasteiger partial charge in [0.25, 0.3) is 10.2 Å². The fourth-order valence-corrected chi connectivity index (χ4v) is 1.74. The van der Waals surface area contributed by atoms with Gasteiger partial charge in [0, 0.05) is 0 Å². The minimum Gasteiger partial charge on any atom is -0.312 e. The molecule has 1 unspecified atom stereocenters. The van der Waals surface area contributed by atoms with Crippen LogP contribution in [-0.2, 0) is 18.5 Å². The molecule has 0 aromatic rings. The summed E-state index contributed by atoms with van der Waals surface area (Å²) in [7, 11) is -3.85. The SMILES string of the molecule is O=[N+]([O-])OCC(CS(=O)(=O)S)O[N+](=O)[O-]. The summed E-state index contributed by atoms with van der Waals surface area (Å²) in [6.07, 6.45) is -1.59. The van der Waals surface area contributed by atoms with E-state index in [1.54, 1.807) is 0 Å². The van der Waals surface area contributed by atoms with Crippen LogP contribution in [0.15, 0.2) is 0 Å². The molecular formula is C3H6N2O8S2. The van der Waals surface area contributed by atoms with Crippen molar-refractivity contribution in [3.63, 3.8) is 0 Å². The summed E-state index contributed by atoms with van der Waals surface area (Å²) in [5.41, 5.74) is 0. The molecule has 0 radical (unpaired) electrons. The van der Waals surface area contributed by atoms with E-state index < -0.39 is 37.5 Å². The molecule has 15 heavy (non-hydrogen) atoms. The molecule has 0 rings (SSSR count). The Morgan fingerprint density at radius 1 is 1.27 bits per heavy atom. The van der Waals surface area contributed by atoms with Gasteiger partial charge in [0.05, 0.1) is 5.75 Å². The summed E-state index contributed by atoms with van der Waals surface area (Å²) in [5.74, 6) is -0.870. The van der Waals surface area contributed by atoms with E-state index in [-0.39, 0.29) is 0 Å². The molecule has 12 heteroatoms. The summed E-state index contributed by atoms with van der Waals surface area (Å²) in [6, 6.07) is 0. The molecule has 88 valence electrons. The second-order valence-corrected chi connectivity index (χ2v) is 5.39. The number of nitrogens with zero attached hydrogens (tertiary/aromatic N) is 2. The zero-order chi connectivity index (χ0) is 12.1. The van der Waals surface area contributed by atoms with E-state index in [2.05, 4.69) is 21.3 Å². The first-order valence-corrected chi connectivity index (χ1v) is 5.95. The van der Waals surface area contributed by atoms with Crippen LogP contribution in [0.25, 0.3) is 0 Å². The summed E-state index contributed by atoms with van der Waals surface area (Å²) in [4.78, 5) is 27.2. The van der Waals surface area contributed by atoms with Crippen LogP contribution in [0.1, 0.15) is 0 Å². The third kappa shape index (κ3) is 9.01. The lowest BCUT2D eigenvalue weighted by atomic mass is 10.4. The van der Waals surface area contributed by atoms with Crippen LogP contribution in [0.4, 0.5) is 0 Å². The molecule has 0 aliphatic rings. The average molecular weight is 262 g/mol. The molecule has 0 fully saturated rings. The van der Waals surface area contributed by atoms with E-state index in [0.717, 1.165) is 0 Å². The Bertz CT molecular complexity index is 338. The summed E-state index contributed by atoms with van der Waals surface area (Å²) < 4.78 is 21.2. The third-order valence-electron chi connectivity index (χ3n) is 0.997. The lowest BCUT2D eigenvalue weighted by molar-refractivity contribution is -0.788. The van der Waals surface area contributed by atoms with Gasteiger partial charge in [-0.05, 0) is 11.7 Å². The number of hydrogen-bond acceptors (Lipinski definition) is 8. The van der Waals surface area contributed by atoms with Crippen LogP contribution in [-0.4, -0.2) is 37.1 Å². The Kier molecular flexibility index (Phi) is 5.07. The van der Waals surface area contributed by atoms with E-state index in [1.807, 2.05) is 0 Å². The maximum atomic E-state index is 10.6.